The lowest BCUT2D eigenvalue weighted by atomic mass is 9.82. The molecule has 0 aromatic carbocycles. The molecule has 1 aliphatic rings. The topological polar surface area (TPSA) is 108 Å². The summed E-state index contributed by atoms with van der Waals surface area (Å²) in [5.74, 6) is -1.42. The molecule has 0 unspecified atom stereocenters. The van der Waals surface area contributed by atoms with E-state index in [0.29, 0.717) is 19.4 Å². The maximum Gasteiger partial charge on any atom is 0.408 e. The van der Waals surface area contributed by atoms with E-state index in [1.807, 2.05) is 13.8 Å². The van der Waals surface area contributed by atoms with Crippen LogP contribution in [0.2, 0.25) is 0 Å². The van der Waals surface area contributed by atoms with Crippen molar-refractivity contribution >= 4 is 18.0 Å². The Labute approximate surface area is 149 Å². The van der Waals surface area contributed by atoms with Gasteiger partial charge in [-0.15, -0.1) is 0 Å². The van der Waals surface area contributed by atoms with E-state index in [0.717, 1.165) is 12.8 Å². The van der Waals surface area contributed by atoms with Crippen molar-refractivity contribution in [2.75, 3.05) is 6.54 Å². The van der Waals surface area contributed by atoms with Crippen molar-refractivity contribution in [3.8, 4) is 0 Å². The summed E-state index contributed by atoms with van der Waals surface area (Å²) >= 11 is 0. The zero-order valence-corrected chi connectivity index (χ0v) is 15.9. The number of hydrogen-bond donors (Lipinski definition) is 2. The molecule has 0 bridgehead atoms. The fourth-order valence-electron chi connectivity index (χ4n) is 2.93. The molecule has 0 saturated heterocycles. The first-order valence-electron chi connectivity index (χ1n) is 8.97. The zero-order chi connectivity index (χ0) is 19.2. The summed E-state index contributed by atoms with van der Waals surface area (Å²) in [4.78, 5) is 35.2. The third-order valence-electron chi connectivity index (χ3n) is 4.37. The molecule has 1 fully saturated rings. The summed E-state index contributed by atoms with van der Waals surface area (Å²) in [6.07, 6.45) is 2.07. The van der Waals surface area contributed by atoms with E-state index in [2.05, 4.69) is 10.6 Å². The standard InChI is InChI=1S/C18H32N2O5/c1-11(2)14(20-17(24)25-18(3,4)5)15(21)19-10-12-6-8-13(9-7-12)16(22)23/h11-14H,6-10H2,1-5H3,(H,19,21)(H,20,24)(H,22,23)/p-1/t12?,13?,14-/m1/s1. The Morgan fingerprint density at radius 2 is 1.68 bits per heavy atom. The minimum Gasteiger partial charge on any atom is -0.550 e. The highest BCUT2D eigenvalue weighted by molar-refractivity contribution is 5.85. The second kappa shape index (κ2) is 9.06. The molecule has 144 valence electrons. The van der Waals surface area contributed by atoms with E-state index in [9.17, 15) is 19.5 Å². The summed E-state index contributed by atoms with van der Waals surface area (Å²) < 4.78 is 5.21. The van der Waals surface area contributed by atoms with E-state index in [1.54, 1.807) is 20.8 Å². The SMILES string of the molecule is CC(C)[C@@H](NC(=O)OC(C)(C)C)C(=O)NCC1CCC(C(=O)[O-])CC1. The molecule has 0 aromatic heterocycles. The molecule has 7 nitrogen and oxygen atoms in total. The van der Waals surface area contributed by atoms with E-state index < -0.39 is 23.7 Å². The van der Waals surface area contributed by atoms with Crippen LogP contribution in [0.5, 0.6) is 0 Å². The minimum absolute atomic E-state index is 0.0821. The summed E-state index contributed by atoms with van der Waals surface area (Å²) in [5.41, 5.74) is -0.625. The highest BCUT2D eigenvalue weighted by Gasteiger charge is 2.28. The lowest BCUT2D eigenvalue weighted by molar-refractivity contribution is -0.312. The van der Waals surface area contributed by atoms with Gasteiger partial charge in [-0.3, -0.25) is 4.79 Å². The van der Waals surface area contributed by atoms with Crippen LogP contribution in [-0.4, -0.2) is 36.2 Å². The molecule has 25 heavy (non-hydrogen) atoms. The average Bonchev–Trinajstić information content (AvgIpc) is 2.48. The smallest absolute Gasteiger partial charge is 0.408 e. The van der Waals surface area contributed by atoms with Crippen molar-refractivity contribution < 1.29 is 24.2 Å². The number of nitrogens with one attached hydrogen (secondary N) is 2. The van der Waals surface area contributed by atoms with Crippen LogP contribution in [0.4, 0.5) is 4.79 Å². The van der Waals surface area contributed by atoms with Crippen molar-refractivity contribution in [1.29, 1.82) is 0 Å². The van der Waals surface area contributed by atoms with Crippen LogP contribution in [0, 0.1) is 17.8 Å². The second-order valence-electron chi connectivity index (χ2n) is 8.15. The van der Waals surface area contributed by atoms with E-state index in [-0.39, 0.29) is 23.7 Å². The maximum atomic E-state index is 12.4. The van der Waals surface area contributed by atoms with Crippen LogP contribution in [0.1, 0.15) is 60.3 Å². The molecule has 7 heteroatoms. The molecule has 2 amide bonds. The van der Waals surface area contributed by atoms with Gasteiger partial charge < -0.3 is 25.3 Å². The number of amides is 2. The van der Waals surface area contributed by atoms with Crippen molar-refractivity contribution in [2.45, 2.75) is 71.9 Å². The molecule has 0 aromatic rings. The van der Waals surface area contributed by atoms with Gasteiger partial charge in [-0.25, -0.2) is 4.79 Å². The van der Waals surface area contributed by atoms with Crippen molar-refractivity contribution in [1.82, 2.24) is 10.6 Å². The van der Waals surface area contributed by atoms with Gasteiger partial charge in [0, 0.05) is 12.5 Å². The molecule has 1 rings (SSSR count). The van der Waals surface area contributed by atoms with Gasteiger partial charge in [0.2, 0.25) is 5.91 Å². The largest absolute Gasteiger partial charge is 0.550 e. The molecule has 1 saturated carbocycles. The number of aliphatic carboxylic acids is 1. The van der Waals surface area contributed by atoms with Crippen LogP contribution >= 0.6 is 0 Å². The lowest BCUT2D eigenvalue weighted by Gasteiger charge is -2.30. The van der Waals surface area contributed by atoms with E-state index in [4.69, 9.17) is 4.74 Å². The molecule has 0 radical (unpaired) electrons. The Morgan fingerprint density at radius 1 is 1.12 bits per heavy atom. The highest BCUT2D eigenvalue weighted by atomic mass is 16.6. The second-order valence-corrected chi connectivity index (χ2v) is 8.15. The third kappa shape index (κ3) is 7.75. The Morgan fingerprint density at radius 3 is 2.12 bits per heavy atom. The first-order valence-corrected chi connectivity index (χ1v) is 8.97. The Kier molecular flexibility index (Phi) is 7.70. The predicted octanol–water partition coefficient (Wildman–Crippen LogP) is 1.21. The molecule has 0 spiro atoms. The Bertz CT molecular complexity index is 476. The first-order chi connectivity index (χ1) is 11.5. The predicted molar refractivity (Wildman–Crippen MR) is 91.5 cm³/mol. The number of ether oxygens (including phenoxy) is 1. The van der Waals surface area contributed by atoms with E-state index in [1.165, 1.54) is 0 Å². The van der Waals surface area contributed by atoms with Gasteiger partial charge in [0.15, 0.2) is 0 Å². The molecule has 0 aliphatic heterocycles. The van der Waals surface area contributed by atoms with Crippen LogP contribution in [0.15, 0.2) is 0 Å². The number of alkyl carbamates (subject to hydrolysis) is 1. The number of carbonyl (C=O) groups is 3. The van der Waals surface area contributed by atoms with Gasteiger partial charge in [0.1, 0.15) is 11.6 Å². The van der Waals surface area contributed by atoms with Crippen LogP contribution in [0.3, 0.4) is 0 Å². The van der Waals surface area contributed by atoms with Gasteiger partial charge in [0.05, 0.1) is 0 Å². The fraction of sp³-hybridized carbons (Fsp3) is 0.833. The van der Waals surface area contributed by atoms with Gasteiger partial charge >= 0.3 is 6.09 Å². The van der Waals surface area contributed by atoms with Crippen molar-refractivity contribution in [3.05, 3.63) is 0 Å². The van der Waals surface area contributed by atoms with Crippen LogP contribution in [-0.2, 0) is 14.3 Å². The van der Waals surface area contributed by atoms with Gasteiger partial charge in [-0.2, -0.15) is 0 Å². The van der Waals surface area contributed by atoms with Crippen LogP contribution in [0.25, 0.3) is 0 Å². The Balaban J connectivity index is 2.46. The Hall–Kier alpha value is -1.79. The molecule has 0 heterocycles. The summed E-state index contributed by atoms with van der Waals surface area (Å²) in [6, 6.07) is -0.672. The van der Waals surface area contributed by atoms with Crippen molar-refractivity contribution in [2.24, 2.45) is 17.8 Å². The quantitative estimate of drug-likeness (QED) is 0.744. The molecule has 1 atom stereocenters. The molecule has 1 aliphatic carbocycles. The van der Waals surface area contributed by atoms with Gasteiger partial charge in [-0.1, -0.05) is 13.8 Å². The lowest BCUT2D eigenvalue weighted by Crippen LogP contribution is -2.51. The number of rotatable bonds is 6. The maximum absolute atomic E-state index is 12.4. The van der Waals surface area contributed by atoms with Gasteiger partial charge in [0.25, 0.3) is 0 Å². The molecular weight excluding hydrogens is 324 g/mol. The third-order valence-corrected chi connectivity index (χ3v) is 4.37. The number of carboxylic acid groups (broad SMARTS) is 1. The van der Waals surface area contributed by atoms with Crippen molar-refractivity contribution in [3.63, 3.8) is 0 Å². The molecule has 2 N–H and O–H groups in total. The summed E-state index contributed by atoms with van der Waals surface area (Å²) in [6.45, 7) is 9.48. The summed E-state index contributed by atoms with van der Waals surface area (Å²) in [5, 5.41) is 16.4. The first kappa shape index (κ1) is 21.3. The normalized spacial score (nSPS) is 22.2. The number of hydrogen-bond acceptors (Lipinski definition) is 5. The van der Waals surface area contributed by atoms with E-state index >= 15 is 0 Å². The number of carboxylic acids is 1. The fourth-order valence-corrected chi connectivity index (χ4v) is 2.93. The van der Waals surface area contributed by atoms with Gasteiger partial charge in [-0.05, 0) is 64.2 Å². The number of carbonyl (C=O) groups excluding carboxylic acids is 3. The molecular formula is C18H31N2O5-. The highest BCUT2D eigenvalue weighted by Crippen LogP contribution is 2.27. The summed E-state index contributed by atoms with van der Waals surface area (Å²) in [7, 11) is 0. The van der Waals surface area contributed by atoms with Crippen LogP contribution < -0.4 is 15.7 Å². The minimum atomic E-state index is -0.982. The average molecular weight is 355 g/mol. The zero-order valence-electron chi connectivity index (χ0n) is 15.9. The monoisotopic (exact) mass is 355 g/mol.